The van der Waals surface area contributed by atoms with Gasteiger partial charge >= 0.3 is 7.60 Å². The van der Waals surface area contributed by atoms with E-state index in [0.717, 1.165) is 53.6 Å². The number of aromatic nitrogens is 1. The van der Waals surface area contributed by atoms with Crippen molar-refractivity contribution in [1.82, 2.24) is 10.3 Å². The van der Waals surface area contributed by atoms with Crippen LogP contribution in [0.2, 0.25) is 0 Å². The summed E-state index contributed by atoms with van der Waals surface area (Å²) in [6.45, 7) is 5.42. The number of unbranched alkanes of at least 4 members (excludes halogenated alkanes) is 3. The Morgan fingerprint density at radius 1 is 0.821 bits per heavy atom. The van der Waals surface area contributed by atoms with Gasteiger partial charge in [-0.3, -0.25) is 14.3 Å². The molecule has 1 aliphatic rings. The Labute approximate surface area is 233 Å². The van der Waals surface area contributed by atoms with Gasteiger partial charge in [0.05, 0.1) is 31.6 Å². The maximum absolute atomic E-state index is 14.2. The maximum Gasteiger partial charge on any atom is 0.330 e. The van der Waals surface area contributed by atoms with Gasteiger partial charge in [-0.1, -0.05) is 87.7 Å². The van der Waals surface area contributed by atoms with Gasteiger partial charge in [-0.05, 0) is 60.1 Å². The second-order valence-corrected chi connectivity index (χ2v) is 12.4. The summed E-state index contributed by atoms with van der Waals surface area (Å²) in [4.78, 5) is 18.5. The predicted molar refractivity (Wildman–Crippen MR) is 157 cm³/mol. The zero-order chi connectivity index (χ0) is 27.6. The topological polar surface area (TPSA) is 77.5 Å². The molecule has 1 aliphatic carbocycles. The fraction of sp³-hybridized carbons (Fsp3) is 0.438. The standard InChI is InChI=1S/C32H41N2O4P/c1-3-5-22-37-39(36,38-23-6-4-2)24-14-12-20-32(31(35)34-25-26-15-11-13-21-33-26)29-18-9-7-16-27(29)28-17-8-10-19-30(28)32/h7-11,13,15-19,21H,3-6,12,14,20,22-25H2,1-2H3,(H,34,35). The van der Waals surface area contributed by atoms with Crippen LogP contribution in [0.15, 0.2) is 72.9 Å². The third-order valence-corrected chi connectivity index (χ3v) is 9.43. The minimum Gasteiger partial charge on any atom is -0.349 e. The lowest BCUT2D eigenvalue weighted by Crippen LogP contribution is -2.44. The van der Waals surface area contributed by atoms with Crippen LogP contribution in [-0.2, 0) is 30.4 Å². The summed E-state index contributed by atoms with van der Waals surface area (Å²) in [7, 11) is -3.18. The minimum atomic E-state index is -3.18. The molecule has 0 bridgehead atoms. The van der Waals surface area contributed by atoms with E-state index in [4.69, 9.17) is 9.05 Å². The van der Waals surface area contributed by atoms with E-state index in [1.54, 1.807) is 6.20 Å². The molecule has 0 radical (unpaired) electrons. The van der Waals surface area contributed by atoms with Crippen LogP contribution in [0.3, 0.4) is 0 Å². The zero-order valence-corrected chi connectivity index (χ0v) is 24.1. The largest absolute Gasteiger partial charge is 0.349 e. The summed E-state index contributed by atoms with van der Waals surface area (Å²) >= 11 is 0. The lowest BCUT2D eigenvalue weighted by Gasteiger charge is -2.31. The second-order valence-electron chi connectivity index (χ2n) is 10.2. The molecule has 1 aromatic heterocycles. The Morgan fingerprint density at radius 2 is 1.41 bits per heavy atom. The van der Waals surface area contributed by atoms with Crippen molar-refractivity contribution in [2.75, 3.05) is 19.4 Å². The number of fused-ring (bicyclic) bond motifs is 3. The number of amides is 1. The normalized spacial score (nSPS) is 13.6. The molecule has 0 saturated heterocycles. The molecule has 3 aromatic rings. The fourth-order valence-corrected chi connectivity index (χ4v) is 7.09. The first kappa shape index (κ1) is 29.2. The van der Waals surface area contributed by atoms with Crippen LogP contribution in [0.4, 0.5) is 0 Å². The Hall–Kier alpha value is -2.79. The van der Waals surface area contributed by atoms with Crippen LogP contribution >= 0.6 is 7.60 Å². The number of nitrogens with one attached hydrogen (secondary N) is 1. The smallest absolute Gasteiger partial charge is 0.330 e. The quantitative estimate of drug-likeness (QED) is 0.147. The van der Waals surface area contributed by atoms with Gasteiger partial charge < -0.3 is 14.4 Å². The molecular weight excluding hydrogens is 507 g/mol. The van der Waals surface area contributed by atoms with E-state index < -0.39 is 13.0 Å². The van der Waals surface area contributed by atoms with Gasteiger partial charge in [-0.2, -0.15) is 0 Å². The van der Waals surface area contributed by atoms with Gasteiger partial charge in [0.15, 0.2) is 0 Å². The number of benzene rings is 2. The Morgan fingerprint density at radius 3 is 1.97 bits per heavy atom. The number of nitrogens with zero attached hydrogens (tertiary/aromatic N) is 1. The summed E-state index contributed by atoms with van der Waals surface area (Å²) in [5.74, 6) is -0.0351. The maximum atomic E-state index is 14.2. The molecule has 0 unspecified atom stereocenters. The van der Waals surface area contributed by atoms with E-state index in [2.05, 4.69) is 48.4 Å². The molecule has 7 heteroatoms. The number of hydrogen-bond acceptors (Lipinski definition) is 5. The molecule has 0 fully saturated rings. The van der Waals surface area contributed by atoms with Crippen molar-refractivity contribution in [3.05, 3.63) is 89.7 Å². The Kier molecular flexibility index (Phi) is 10.5. The molecule has 0 saturated carbocycles. The lowest BCUT2D eigenvalue weighted by atomic mass is 9.73. The van der Waals surface area contributed by atoms with Gasteiger partial charge in [0, 0.05) is 6.20 Å². The van der Waals surface area contributed by atoms with Crippen LogP contribution in [0.25, 0.3) is 11.1 Å². The van der Waals surface area contributed by atoms with Crippen molar-refractivity contribution in [3.63, 3.8) is 0 Å². The highest BCUT2D eigenvalue weighted by Crippen LogP contribution is 2.53. The van der Waals surface area contributed by atoms with Crippen LogP contribution in [-0.4, -0.2) is 30.3 Å². The molecule has 39 heavy (non-hydrogen) atoms. The third-order valence-electron chi connectivity index (χ3n) is 7.41. The number of carbonyl (C=O) groups excluding carboxylic acids is 1. The van der Waals surface area contributed by atoms with Crippen molar-refractivity contribution >= 4 is 13.5 Å². The SMILES string of the molecule is CCCCOP(=O)(CCCCC1(C(=O)NCc2ccccn2)c2ccccc2-c2ccccc21)OCCCC. The number of rotatable bonds is 16. The van der Waals surface area contributed by atoms with Crippen molar-refractivity contribution in [1.29, 1.82) is 0 Å². The monoisotopic (exact) mass is 548 g/mol. The zero-order valence-electron chi connectivity index (χ0n) is 23.2. The molecule has 4 rings (SSSR count). The third kappa shape index (κ3) is 6.87. The highest BCUT2D eigenvalue weighted by atomic mass is 31.2. The van der Waals surface area contributed by atoms with Gasteiger partial charge in [0.1, 0.15) is 5.41 Å². The van der Waals surface area contributed by atoms with Crippen molar-refractivity contribution in [3.8, 4) is 11.1 Å². The summed E-state index contributed by atoms with van der Waals surface area (Å²) in [5, 5.41) is 3.18. The first-order chi connectivity index (χ1) is 19.0. The van der Waals surface area contributed by atoms with E-state index in [9.17, 15) is 9.36 Å². The molecule has 0 atom stereocenters. The molecule has 1 heterocycles. The predicted octanol–water partition coefficient (Wildman–Crippen LogP) is 7.66. The van der Waals surface area contributed by atoms with Crippen LogP contribution in [0.1, 0.15) is 75.6 Å². The van der Waals surface area contributed by atoms with Crippen LogP contribution < -0.4 is 5.32 Å². The number of hydrogen-bond donors (Lipinski definition) is 1. The van der Waals surface area contributed by atoms with Crippen molar-refractivity contribution < 1.29 is 18.4 Å². The average Bonchev–Trinajstić information content (AvgIpc) is 3.26. The Bertz CT molecular complexity index is 1200. The van der Waals surface area contributed by atoms with Gasteiger partial charge in [-0.25, -0.2) is 0 Å². The van der Waals surface area contributed by atoms with Crippen LogP contribution in [0, 0.1) is 0 Å². The Balaban J connectivity index is 1.55. The van der Waals surface area contributed by atoms with E-state index in [1.165, 1.54) is 0 Å². The molecule has 1 N–H and O–H groups in total. The van der Waals surface area contributed by atoms with E-state index >= 15 is 0 Å². The van der Waals surface area contributed by atoms with Crippen LogP contribution in [0.5, 0.6) is 0 Å². The molecule has 0 spiro atoms. The van der Waals surface area contributed by atoms with E-state index in [-0.39, 0.29) is 5.91 Å². The average molecular weight is 549 g/mol. The van der Waals surface area contributed by atoms with Crippen molar-refractivity contribution in [2.45, 2.75) is 70.8 Å². The lowest BCUT2D eigenvalue weighted by molar-refractivity contribution is -0.125. The fourth-order valence-electron chi connectivity index (χ4n) is 5.34. The first-order valence-electron chi connectivity index (χ1n) is 14.3. The molecule has 6 nitrogen and oxygen atoms in total. The van der Waals surface area contributed by atoms with Gasteiger partial charge in [-0.15, -0.1) is 0 Å². The molecule has 1 amide bonds. The summed E-state index contributed by atoms with van der Waals surface area (Å²) < 4.78 is 25.1. The van der Waals surface area contributed by atoms with Gasteiger partial charge in [0.2, 0.25) is 5.91 Å². The highest BCUT2D eigenvalue weighted by molar-refractivity contribution is 7.53. The molecule has 0 aliphatic heterocycles. The summed E-state index contributed by atoms with van der Waals surface area (Å²) in [6.07, 6.45) is 7.71. The highest BCUT2D eigenvalue weighted by Gasteiger charge is 2.48. The second kappa shape index (κ2) is 14.0. The molecular formula is C32H41N2O4P. The summed E-state index contributed by atoms with van der Waals surface area (Å²) in [6, 6.07) is 22.1. The van der Waals surface area contributed by atoms with E-state index in [1.807, 2.05) is 42.5 Å². The van der Waals surface area contributed by atoms with Crippen molar-refractivity contribution in [2.24, 2.45) is 0 Å². The van der Waals surface area contributed by atoms with Gasteiger partial charge in [0.25, 0.3) is 0 Å². The first-order valence-corrected chi connectivity index (χ1v) is 16.0. The minimum absolute atomic E-state index is 0.0351. The number of carbonyl (C=O) groups is 1. The number of pyridine rings is 1. The summed E-state index contributed by atoms with van der Waals surface area (Å²) in [5.41, 5.74) is 4.21. The molecule has 208 valence electrons. The molecule has 2 aromatic carbocycles. The van der Waals surface area contributed by atoms with E-state index in [0.29, 0.717) is 45.2 Å².